The fraction of sp³-hybridized carbons (Fsp3) is 0.533. The van der Waals surface area contributed by atoms with Crippen molar-refractivity contribution < 1.29 is 9.22 Å². The van der Waals surface area contributed by atoms with Crippen molar-refractivity contribution in [2.24, 2.45) is 17.8 Å². The summed E-state index contributed by atoms with van der Waals surface area (Å²) < 4.78 is 6.47. The molecule has 186 valence electrons. The maximum atomic E-state index is 12.8. The standard InChI is InChI=1S/C30H40N2O2Si/c1-19-27(22-12-13-22)28(20(2)33)25-15-14-23(31-6)17-26(25)29(19)32-24-11-9-10-21(16-24)18-34-35(7,8)30(3,4)5/h9-11,14-17,19,22,27-29,32H,12-13,18H2,1-5,7-8H3/t19-,27+,28?,29+/m0/s1. The van der Waals surface area contributed by atoms with Gasteiger partial charge in [-0.05, 0) is 84.5 Å². The van der Waals surface area contributed by atoms with Crippen LogP contribution in [0.4, 0.5) is 11.4 Å². The molecule has 1 fully saturated rings. The van der Waals surface area contributed by atoms with Gasteiger partial charge in [-0.1, -0.05) is 58.0 Å². The molecular formula is C30H40N2O2Si. The van der Waals surface area contributed by atoms with Gasteiger partial charge in [0.25, 0.3) is 0 Å². The number of anilines is 1. The van der Waals surface area contributed by atoms with E-state index in [-0.39, 0.29) is 28.7 Å². The van der Waals surface area contributed by atoms with Crippen LogP contribution in [0.25, 0.3) is 4.85 Å². The highest BCUT2D eigenvalue weighted by Crippen LogP contribution is 2.56. The van der Waals surface area contributed by atoms with E-state index in [1.165, 1.54) is 18.4 Å². The fourth-order valence-electron chi connectivity index (χ4n) is 5.49. The van der Waals surface area contributed by atoms with Gasteiger partial charge in [-0.3, -0.25) is 4.79 Å². The fourth-order valence-corrected chi connectivity index (χ4v) is 6.45. The number of fused-ring (bicyclic) bond motifs is 1. The Bertz CT molecular complexity index is 1140. The molecule has 5 heteroatoms. The summed E-state index contributed by atoms with van der Waals surface area (Å²) in [5.74, 6) is 1.41. The molecule has 4 nitrogen and oxygen atoms in total. The van der Waals surface area contributed by atoms with Crippen LogP contribution < -0.4 is 5.32 Å². The van der Waals surface area contributed by atoms with Crippen molar-refractivity contribution in [2.75, 3.05) is 5.32 Å². The summed E-state index contributed by atoms with van der Waals surface area (Å²) in [6, 6.07) is 14.5. The summed E-state index contributed by atoms with van der Waals surface area (Å²) in [6.07, 6.45) is 2.42. The lowest BCUT2D eigenvalue weighted by Crippen LogP contribution is -2.40. The summed E-state index contributed by atoms with van der Waals surface area (Å²) in [7, 11) is -1.83. The van der Waals surface area contributed by atoms with E-state index in [1.54, 1.807) is 6.92 Å². The van der Waals surface area contributed by atoms with Crippen LogP contribution in [0.15, 0.2) is 42.5 Å². The van der Waals surface area contributed by atoms with Crippen molar-refractivity contribution in [1.82, 2.24) is 0 Å². The lowest BCUT2D eigenvalue weighted by molar-refractivity contribution is -0.120. The molecular weight excluding hydrogens is 448 g/mol. The number of ketones is 1. The molecule has 0 heterocycles. The summed E-state index contributed by atoms with van der Waals surface area (Å²) in [6.45, 7) is 23.5. The monoisotopic (exact) mass is 488 g/mol. The molecule has 1 saturated carbocycles. The van der Waals surface area contributed by atoms with Gasteiger partial charge in [-0.15, -0.1) is 0 Å². The van der Waals surface area contributed by atoms with Crippen LogP contribution >= 0.6 is 0 Å². The predicted octanol–water partition coefficient (Wildman–Crippen LogP) is 8.26. The predicted molar refractivity (Wildman–Crippen MR) is 146 cm³/mol. The van der Waals surface area contributed by atoms with E-state index in [4.69, 9.17) is 11.0 Å². The Kier molecular flexibility index (Phi) is 7.01. The van der Waals surface area contributed by atoms with E-state index in [2.05, 4.69) is 75.2 Å². The second-order valence-electron chi connectivity index (χ2n) is 12.2. The van der Waals surface area contributed by atoms with Crippen molar-refractivity contribution >= 4 is 25.5 Å². The van der Waals surface area contributed by atoms with Crippen molar-refractivity contribution in [3.8, 4) is 0 Å². The first-order valence-electron chi connectivity index (χ1n) is 12.9. The minimum atomic E-state index is -1.83. The average Bonchev–Trinajstić information content (AvgIpc) is 3.63. The second kappa shape index (κ2) is 9.56. The number of nitrogens with zero attached hydrogens (tertiary/aromatic N) is 1. The largest absolute Gasteiger partial charge is 0.413 e. The molecule has 2 aliphatic carbocycles. The van der Waals surface area contributed by atoms with Crippen LogP contribution in [-0.4, -0.2) is 14.1 Å². The molecule has 0 spiro atoms. The number of rotatable bonds is 7. The number of hydrogen-bond acceptors (Lipinski definition) is 3. The quantitative estimate of drug-likeness (QED) is 0.315. The van der Waals surface area contributed by atoms with Crippen LogP contribution in [0, 0.1) is 24.3 Å². The second-order valence-corrected chi connectivity index (χ2v) is 17.0. The van der Waals surface area contributed by atoms with Crippen molar-refractivity contribution in [3.63, 3.8) is 0 Å². The minimum Gasteiger partial charge on any atom is -0.413 e. The van der Waals surface area contributed by atoms with Crippen LogP contribution in [-0.2, 0) is 15.8 Å². The Morgan fingerprint density at radius 3 is 2.46 bits per heavy atom. The highest BCUT2D eigenvalue weighted by atomic mass is 28.4. The van der Waals surface area contributed by atoms with E-state index in [0.717, 1.165) is 16.8 Å². The van der Waals surface area contributed by atoms with Gasteiger partial charge in [-0.25, -0.2) is 4.85 Å². The minimum absolute atomic E-state index is 0.0597. The Balaban J connectivity index is 1.64. The Morgan fingerprint density at radius 2 is 1.86 bits per heavy atom. The zero-order chi connectivity index (χ0) is 25.5. The van der Waals surface area contributed by atoms with Crippen molar-refractivity contribution in [3.05, 3.63) is 70.6 Å². The molecule has 0 aliphatic heterocycles. The van der Waals surface area contributed by atoms with Gasteiger partial charge in [-0.2, -0.15) is 0 Å². The zero-order valence-corrected chi connectivity index (χ0v) is 23.3. The van der Waals surface area contributed by atoms with Crippen LogP contribution in [0.2, 0.25) is 18.1 Å². The topological polar surface area (TPSA) is 42.7 Å². The zero-order valence-electron chi connectivity index (χ0n) is 22.3. The van der Waals surface area contributed by atoms with Gasteiger partial charge in [0.15, 0.2) is 14.0 Å². The van der Waals surface area contributed by atoms with E-state index in [0.29, 0.717) is 24.1 Å². The van der Waals surface area contributed by atoms with Crippen molar-refractivity contribution in [2.45, 2.75) is 84.2 Å². The number of Topliss-reactive ketones (excluding diaryl/α,β-unsaturated/α-hetero) is 1. The molecule has 0 radical (unpaired) electrons. The molecule has 2 aromatic rings. The molecule has 0 bridgehead atoms. The number of benzene rings is 2. The third-order valence-electron chi connectivity index (χ3n) is 8.65. The van der Waals surface area contributed by atoms with E-state index >= 15 is 0 Å². The van der Waals surface area contributed by atoms with Crippen LogP contribution in [0.3, 0.4) is 0 Å². The van der Waals surface area contributed by atoms with E-state index in [9.17, 15) is 4.79 Å². The molecule has 0 aromatic heterocycles. The highest BCUT2D eigenvalue weighted by molar-refractivity contribution is 6.74. The Hall–Kier alpha value is -2.42. The molecule has 2 aromatic carbocycles. The van der Waals surface area contributed by atoms with Gasteiger partial charge in [0.1, 0.15) is 5.78 Å². The van der Waals surface area contributed by atoms with Gasteiger partial charge in [0.05, 0.1) is 19.2 Å². The lowest BCUT2D eigenvalue weighted by atomic mass is 9.64. The molecule has 1 N–H and O–H groups in total. The van der Waals surface area contributed by atoms with Gasteiger partial charge < -0.3 is 9.74 Å². The van der Waals surface area contributed by atoms with E-state index in [1.807, 2.05) is 18.2 Å². The molecule has 35 heavy (non-hydrogen) atoms. The SMILES string of the molecule is [C-]#[N+]c1ccc2c(c1)[C@H](Nc1cccc(CO[Si](C)(C)C(C)(C)C)c1)[C@@H](C)[C@H](C1CC1)C2C(C)=O. The lowest BCUT2D eigenvalue weighted by Gasteiger charge is -2.43. The summed E-state index contributed by atoms with van der Waals surface area (Å²) >= 11 is 0. The summed E-state index contributed by atoms with van der Waals surface area (Å²) in [5.41, 5.74) is 5.07. The first-order chi connectivity index (χ1) is 16.4. The molecule has 2 aliphatic rings. The average molecular weight is 489 g/mol. The molecule has 4 atom stereocenters. The molecule has 0 saturated heterocycles. The van der Waals surface area contributed by atoms with Crippen LogP contribution in [0.5, 0.6) is 0 Å². The third-order valence-corrected chi connectivity index (χ3v) is 13.1. The number of carbonyl (C=O) groups is 1. The van der Waals surface area contributed by atoms with Gasteiger partial charge in [0, 0.05) is 11.6 Å². The first kappa shape index (κ1) is 25.7. The maximum Gasteiger partial charge on any atom is 0.192 e. The molecule has 4 rings (SSSR count). The summed E-state index contributed by atoms with van der Waals surface area (Å²) in [5, 5.41) is 4.00. The Morgan fingerprint density at radius 1 is 1.14 bits per heavy atom. The Labute approximate surface area is 212 Å². The summed E-state index contributed by atoms with van der Waals surface area (Å²) in [4.78, 5) is 16.5. The molecule has 0 amide bonds. The van der Waals surface area contributed by atoms with E-state index < -0.39 is 8.32 Å². The maximum absolute atomic E-state index is 12.8. The van der Waals surface area contributed by atoms with Gasteiger partial charge >= 0.3 is 0 Å². The van der Waals surface area contributed by atoms with Gasteiger partial charge in [0.2, 0.25) is 0 Å². The number of carbonyl (C=O) groups excluding carboxylic acids is 1. The van der Waals surface area contributed by atoms with Crippen molar-refractivity contribution in [1.29, 1.82) is 0 Å². The first-order valence-corrected chi connectivity index (χ1v) is 15.8. The number of nitrogens with one attached hydrogen (secondary N) is 1. The molecule has 1 unspecified atom stereocenters. The highest BCUT2D eigenvalue weighted by Gasteiger charge is 2.48. The third kappa shape index (κ3) is 5.24. The normalized spacial score (nSPS) is 24.4. The number of hydrogen-bond donors (Lipinski definition) is 1. The smallest absolute Gasteiger partial charge is 0.192 e. The van der Waals surface area contributed by atoms with Crippen LogP contribution in [0.1, 0.15) is 76.1 Å².